The number of carbonyl (C=O) groups is 1. The largest absolute Gasteiger partial charge is 0.478 e. The zero-order valence-electron chi connectivity index (χ0n) is 8.53. The van der Waals surface area contributed by atoms with Crippen molar-refractivity contribution in [2.75, 3.05) is 5.73 Å². The van der Waals surface area contributed by atoms with E-state index in [1.165, 1.54) is 6.07 Å². The molecule has 0 heterocycles. The van der Waals surface area contributed by atoms with Crippen LogP contribution in [0.25, 0.3) is 12.2 Å². The van der Waals surface area contributed by atoms with Gasteiger partial charge < -0.3 is 10.8 Å². The zero-order valence-corrected chi connectivity index (χ0v) is 8.53. The molecule has 0 radical (unpaired) electrons. The predicted octanol–water partition coefficient (Wildman–Crippen LogP) is 2.64. The van der Waals surface area contributed by atoms with Crippen molar-refractivity contribution in [2.24, 2.45) is 0 Å². The van der Waals surface area contributed by atoms with Gasteiger partial charge in [-0.1, -0.05) is 30.9 Å². The van der Waals surface area contributed by atoms with E-state index in [2.05, 4.69) is 6.58 Å². The molecule has 0 aliphatic rings. The standard InChI is InChI=1S/C12H13NO2/c1-3-5-8-6-7-10(12(14)15)11(13)9(8)4-2/h3-7H,2,13H2,1H3,(H,14,15)/b5-3-. The molecule has 3 heteroatoms. The van der Waals surface area contributed by atoms with Crippen LogP contribution >= 0.6 is 0 Å². The number of carboxylic acids is 1. The molecule has 0 spiro atoms. The maximum atomic E-state index is 10.8. The maximum Gasteiger partial charge on any atom is 0.337 e. The van der Waals surface area contributed by atoms with E-state index in [0.717, 1.165) is 5.56 Å². The molecule has 0 fully saturated rings. The summed E-state index contributed by atoms with van der Waals surface area (Å²) in [6.45, 7) is 5.51. The lowest BCUT2D eigenvalue weighted by molar-refractivity contribution is 0.0698. The Labute approximate surface area is 88.5 Å². The maximum absolute atomic E-state index is 10.8. The summed E-state index contributed by atoms with van der Waals surface area (Å²) in [6, 6.07) is 3.22. The number of anilines is 1. The second-order valence-electron chi connectivity index (χ2n) is 3.04. The van der Waals surface area contributed by atoms with Crippen LogP contribution < -0.4 is 5.73 Å². The first-order valence-electron chi connectivity index (χ1n) is 4.52. The van der Waals surface area contributed by atoms with E-state index < -0.39 is 5.97 Å². The first-order chi connectivity index (χ1) is 7.11. The van der Waals surface area contributed by atoms with Gasteiger partial charge in [0.2, 0.25) is 0 Å². The summed E-state index contributed by atoms with van der Waals surface area (Å²) in [7, 11) is 0. The van der Waals surface area contributed by atoms with Crippen molar-refractivity contribution in [1.29, 1.82) is 0 Å². The molecule has 1 rings (SSSR count). The van der Waals surface area contributed by atoms with Crippen LogP contribution in [0, 0.1) is 0 Å². The summed E-state index contributed by atoms with van der Waals surface area (Å²) in [5, 5.41) is 8.87. The second-order valence-corrected chi connectivity index (χ2v) is 3.04. The van der Waals surface area contributed by atoms with Crippen LogP contribution in [0.5, 0.6) is 0 Å². The number of benzene rings is 1. The monoisotopic (exact) mass is 203 g/mol. The highest BCUT2D eigenvalue weighted by Crippen LogP contribution is 2.24. The Hall–Kier alpha value is -2.03. The third-order valence-electron chi connectivity index (χ3n) is 2.10. The van der Waals surface area contributed by atoms with Crippen molar-refractivity contribution < 1.29 is 9.90 Å². The fraction of sp³-hybridized carbons (Fsp3) is 0.0833. The number of hydrogen-bond donors (Lipinski definition) is 2. The molecule has 0 amide bonds. The van der Waals surface area contributed by atoms with Gasteiger partial charge in [-0.05, 0) is 18.6 Å². The lowest BCUT2D eigenvalue weighted by Crippen LogP contribution is -2.04. The van der Waals surface area contributed by atoms with Gasteiger partial charge in [-0.15, -0.1) is 0 Å². The summed E-state index contributed by atoms with van der Waals surface area (Å²) >= 11 is 0. The molecular formula is C12H13NO2. The molecule has 0 aliphatic carbocycles. The van der Waals surface area contributed by atoms with Crippen LogP contribution in [0.3, 0.4) is 0 Å². The molecule has 1 aromatic rings. The summed E-state index contributed by atoms with van der Waals surface area (Å²) in [6.07, 6.45) is 5.29. The molecule has 0 saturated heterocycles. The Kier molecular flexibility index (Phi) is 3.29. The van der Waals surface area contributed by atoms with E-state index in [-0.39, 0.29) is 11.3 Å². The van der Waals surface area contributed by atoms with Gasteiger partial charge in [0.05, 0.1) is 11.3 Å². The van der Waals surface area contributed by atoms with Crippen LogP contribution in [0.4, 0.5) is 5.69 Å². The van der Waals surface area contributed by atoms with Crippen LogP contribution in [-0.2, 0) is 0 Å². The predicted molar refractivity (Wildman–Crippen MR) is 62.6 cm³/mol. The first kappa shape index (κ1) is 11.0. The van der Waals surface area contributed by atoms with Gasteiger partial charge in [0.1, 0.15) is 0 Å². The third kappa shape index (κ3) is 2.07. The summed E-state index contributed by atoms with van der Waals surface area (Å²) < 4.78 is 0. The molecule has 1 aromatic carbocycles. The Balaban J connectivity index is 3.45. The highest BCUT2D eigenvalue weighted by molar-refractivity contribution is 5.97. The van der Waals surface area contributed by atoms with Gasteiger partial charge in [-0.3, -0.25) is 0 Å². The Morgan fingerprint density at radius 2 is 2.20 bits per heavy atom. The van der Waals surface area contributed by atoms with Crippen molar-refractivity contribution in [3.8, 4) is 0 Å². The van der Waals surface area contributed by atoms with E-state index in [4.69, 9.17) is 10.8 Å². The molecule has 0 unspecified atom stereocenters. The molecule has 3 N–H and O–H groups in total. The van der Waals surface area contributed by atoms with Crippen molar-refractivity contribution in [1.82, 2.24) is 0 Å². The van der Waals surface area contributed by atoms with Gasteiger partial charge in [0.15, 0.2) is 0 Å². The lowest BCUT2D eigenvalue weighted by Gasteiger charge is -2.08. The van der Waals surface area contributed by atoms with Crippen molar-refractivity contribution in [3.63, 3.8) is 0 Å². The number of allylic oxidation sites excluding steroid dienone is 1. The van der Waals surface area contributed by atoms with Gasteiger partial charge in [0.25, 0.3) is 0 Å². The summed E-state index contributed by atoms with van der Waals surface area (Å²) in [5.74, 6) is -1.03. The van der Waals surface area contributed by atoms with Crippen molar-refractivity contribution in [3.05, 3.63) is 41.5 Å². The number of carboxylic acid groups (broad SMARTS) is 1. The molecular weight excluding hydrogens is 190 g/mol. The molecule has 15 heavy (non-hydrogen) atoms. The first-order valence-corrected chi connectivity index (χ1v) is 4.52. The molecule has 0 bridgehead atoms. The molecule has 3 nitrogen and oxygen atoms in total. The fourth-order valence-corrected chi connectivity index (χ4v) is 1.39. The number of rotatable bonds is 3. The number of nitrogen functional groups attached to an aromatic ring is 1. The van der Waals surface area contributed by atoms with Gasteiger partial charge in [-0.2, -0.15) is 0 Å². The van der Waals surface area contributed by atoms with Crippen LogP contribution in [0.1, 0.15) is 28.4 Å². The normalized spacial score (nSPS) is 10.5. The second kappa shape index (κ2) is 4.46. The van der Waals surface area contributed by atoms with Gasteiger partial charge in [-0.25, -0.2) is 4.79 Å². The zero-order chi connectivity index (χ0) is 11.4. The van der Waals surface area contributed by atoms with Crippen molar-refractivity contribution >= 4 is 23.8 Å². The molecule has 0 atom stereocenters. The minimum Gasteiger partial charge on any atom is -0.478 e. The summed E-state index contributed by atoms with van der Waals surface area (Å²) in [4.78, 5) is 10.8. The fourth-order valence-electron chi connectivity index (χ4n) is 1.39. The van der Waals surface area contributed by atoms with Crippen LogP contribution in [0.15, 0.2) is 24.8 Å². The van der Waals surface area contributed by atoms with E-state index in [9.17, 15) is 4.79 Å². The molecule has 0 aromatic heterocycles. The molecule has 0 aliphatic heterocycles. The van der Waals surface area contributed by atoms with E-state index in [1.54, 1.807) is 12.1 Å². The van der Waals surface area contributed by atoms with E-state index in [0.29, 0.717) is 5.56 Å². The SMILES string of the molecule is C=Cc1c(/C=C\C)ccc(C(=O)O)c1N. The Morgan fingerprint density at radius 3 is 2.67 bits per heavy atom. The minimum atomic E-state index is -1.03. The van der Waals surface area contributed by atoms with Gasteiger partial charge >= 0.3 is 5.97 Å². The van der Waals surface area contributed by atoms with E-state index in [1.807, 2.05) is 19.1 Å². The topological polar surface area (TPSA) is 63.3 Å². The molecule has 0 saturated carbocycles. The quantitative estimate of drug-likeness (QED) is 0.742. The van der Waals surface area contributed by atoms with Crippen LogP contribution in [-0.4, -0.2) is 11.1 Å². The number of nitrogens with two attached hydrogens (primary N) is 1. The number of aromatic carboxylic acids is 1. The highest BCUT2D eigenvalue weighted by atomic mass is 16.4. The van der Waals surface area contributed by atoms with Gasteiger partial charge in [0, 0.05) is 5.56 Å². The Bertz CT molecular complexity index is 433. The number of hydrogen-bond acceptors (Lipinski definition) is 2. The highest BCUT2D eigenvalue weighted by Gasteiger charge is 2.11. The molecule has 78 valence electrons. The smallest absolute Gasteiger partial charge is 0.337 e. The average Bonchev–Trinajstić information content (AvgIpc) is 2.18. The Morgan fingerprint density at radius 1 is 1.53 bits per heavy atom. The average molecular weight is 203 g/mol. The lowest BCUT2D eigenvalue weighted by atomic mass is 10.0. The van der Waals surface area contributed by atoms with Crippen molar-refractivity contribution in [2.45, 2.75) is 6.92 Å². The summed E-state index contributed by atoms with van der Waals surface area (Å²) in [5.41, 5.74) is 7.64. The third-order valence-corrected chi connectivity index (χ3v) is 2.10. The minimum absolute atomic E-state index is 0.109. The van der Waals surface area contributed by atoms with Crippen LogP contribution in [0.2, 0.25) is 0 Å². The van der Waals surface area contributed by atoms with E-state index >= 15 is 0 Å².